The van der Waals surface area contributed by atoms with Crippen LogP contribution in [0.2, 0.25) is 0 Å². The van der Waals surface area contributed by atoms with Crippen LogP contribution in [0.1, 0.15) is 51.7 Å². The summed E-state index contributed by atoms with van der Waals surface area (Å²) in [5, 5.41) is 20.1. The normalized spacial score (nSPS) is 14.9. The maximum atomic E-state index is 13.6. The smallest absolute Gasteiger partial charge is 0.326 e. The summed E-state index contributed by atoms with van der Waals surface area (Å²) in [5.41, 5.74) is 9.76. The van der Waals surface area contributed by atoms with Crippen LogP contribution in [-0.2, 0) is 32.0 Å². The molecule has 5 atom stereocenters. The molecule has 0 aliphatic rings. The van der Waals surface area contributed by atoms with E-state index in [4.69, 9.17) is 5.73 Å². The van der Waals surface area contributed by atoms with Crippen LogP contribution in [0.15, 0.2) is 60.9 Å². The summed E-state index contributed by atoms with van der Waals surface area (Å²) in [6, 6.07) is 11.2. The molecular weight excluding hydrogens is 572 g/mol. The van der Waals surface area contributed by atoms with E-state index in [0.717, 1.165) is 32.9 Å². The van der Waals surface area contributed by atoms with E-state index < -0.39 is 47.9 Å². The summed E-state index contributed by atoms with van der Waals surface area (Å²) in [6.45, 7) is 7.56. The number of H-pyrrole nitrogens is 2. The lowest BCUT2D eigenvalue weighted by atomic mass is 9.95. The minimum atomic E-state index is -1.21. The van der Waals surface area contributed by atoms with E-state index in [0.29, 0.717) is 6.42 Å². The third-order valence-electron chi connectivity index (χ3n) is 8.30. The summed E-state index contributed by atoms with van der Waals surface area (Å²) >= 11 is 0. The Bertz CT molecular complexity index is 1640. The Labute approximate surface area is 262 Å². The molecule has 8 N–H and O–H groups in total. The number of nitrogens with two attached hydrogens (primary N) is 1. The van der Waals surface area contributed by atoms with Crippen molar-refractivity contribution in [3.63, 3.8) is 0 Å². The fraction of sp³-hybridized carbons (Fsp3) is 0.412. The molecule has 0 unspecified atom stereocenters. The zero-order valence-corrected chi connectivity index (χ0v) is 26.2. The number of carboxylic acid groups (broad SMARTS) is 1. The fourth-order valence-corrected chi connectivity index (χ4v) is 5.55. The van der Waals surface area contributed by atoms with Crippen molar-refractivity contribution in [2.75, 3.05) is 0 Å². The molecule has 0 aliphatic carbocycles. The highest BCUT2D eigenvalue weighted by Crippen LogP contribution is 2.21. The molecular formula is C34H44N6O5. The highest BCUT2D eigenvalue weighted by Gasteiger charge is 2.33. The van der Waals surface area contributed by atoms with Crippen LogP contribution in [0.25, 0.3) is 21.8 Å². The van der Waals surface area contributed by atoms with E-state index in [1.165, 1.54) is 0 Å². The van der Waals surface area contributed by atoms with Crippen LogP contribution in [0.4, 0.5) is 0 Å². The van der Waals surface area contributed by atoms with E-state index in [9.17, 15) is 24.3 Å². The Morgan fingerprint density at radius 1 is 0.756 bits per heavy atom. The van der Waals surface area contributed by atoms with Crippen molar-refractivity contribution in [1.29, 1.82) is 0 Å². The molecule has 0 saturated heterocycles. The maximum absolute atomic E-state index is 13.6. The molecule has 0 aliphatic heterocycles. The van der Waals surface area contributed by atoms with Gasteiger partial charge in [-0.05, 0) is 47.9 Å². The number of aromatic nitrogens is 2. The van der Waals surface area contributed by atoms with Gasteiger partial charge in [-0.2, -0.15) is 0 Å². The third-order valence-corrected chi connectivity index (χ3v) is 8.30. The predicted molar refractivity (Wildman–Crippen MR) is 174 cm³/mol. The van der Waals surface area contributed by atoms with Crippen molar-refractivity contribution in [3.05, 3.63) is 72.1 Å². The Kier molecular flexibility index (Phi) is 11.0. The Morgan fingerprint density at radius 2 is 1.29 bits per heavy atom. The van der Waals surface area contributed by atoms with Crippen LogP contribution in [0.5, 0.6) is 0 Å². The highest BCUT2D eigenvalue weighted by molar-refractivity contribution is 5.95. The van der Waals surface area contributed by atoms with Gasteiger partial charge >= 0.3 is 5.97 Å². The first-order valence-electron chi connectivity index (χ1n) is 15.5. The van der Waals surface area contributed by atoms with Gasteiger partial charge in [0, 0.05) is 40.6 Å². The quantitative estimate of drug-likeness (QED) is 0.107. The summed E-state index contributed by atoms with van der Waals surface area (Å²) in [7, 11) is 0. The molecule has 4 aromatic rings. The van der Waals surface area contributed by atoms with Gasteiger partial charge in [-0.1, -0.05) is 70.5 Å². The number of rotatable bonds is 15. The van der Waals surface area contributed by atoms with E-state index >= 15 is 0 Å². The number of hydrogen-bond acceptors (Lipinski definition) is 5. The average Bonchev–Trinajstić information content (AvgIpc) is 3.62. The first-order chi connectivity index (χ1) is 21.5. The van der Waals surface area contributed by atoms with Gasteiger partial charge in [0.2, 0.25) is 17.7 Å². The van der Waals surface area contributed by atoms with Crippen molar-refractivity contribution in [1.82, 2.24) is 25.9 Å². The SMILES string of the molecule is CC[C@H](C)[C@H](NC(=O)[C@@H](N)Cc1c[nH]c2ccccc12)C(=O)N[C@@H](CC(C)C)C(=O)N[C@@H](Cc1c[nH]c2ccccc12)C(=O)O. The number of hydrogen-bond donors (Lipinski definition) is 7. The molecule has 11 heteroatoms. The Hall–Kier alpha value is -4.64. The molecule has 45 heavy (non-hydrogen) atoms. The van der Waals surface area contributed by atoms with Crippen molar-refractivity contribution in [2.24, 2.45) is 17.6 Å². The number of benzene rings is 2. The minimum Gasteiger partial charge on any atom is -0.480 e. The number of nitrogens with one attached hydrogen (secondary N) is 5. The molecule has 2 heterocycles. The van der Waals surface area contributed by atoms with Crippen molar-refractivity contribution >= 4 is 45.5 Å². The topological polar surface area (TPSA) is 182 Å². The number of carboxylic acids is 1. The second kappa shape index (κ2) is 14.9. The van der Waals surface area contributed by atoms with Crippen molar-refractivity contribution < 1.29 is 24.3 Å². The first-order valence-corrected chi connectivity index (χ1v) is 15.5. The minimum absolute atomic E-state index is 0.0131. The van der Waals surface area contributed by atoms with E-state index in [1.54, 1.807) is 6.20 Å². The standard InChI is InChI=1S/C34H44N6O5/c1-5-20(4)30(40-31(41)25(35)15-21-17-36-26-12-8-6-10-23(21)26)33(43)38-28(14-19(2)3)32(42)39-29(34(44)45)16-22-18-37-27-13-9-7-11-24(22)27/h6-13,17-20,25,28-30,36-37H,5,14-16,35H2,1-4H3,(H,38,43)(H,39,42)(H,40,41)(H,44,45)/t20-,25-,28-,29-,30-/m0/s1. The molecule has 3 amide bonds. The number of amides is 3. The first kappa shape index (κ1) is 33.3. The van der Waals surface area contributed by atoms with Crippen LogP contribution >= 0.6 is 0 Å². The van der Waals surface area contributed by atoms with Gasteiger partial charge in [-0.25, -0.2) is 4.79 Å². The van der Waals surface area contributed by atoms with E-state index in [2.05, 4.69) is 25.9 Å². The lowest BCUT2D eigenvalue weighted by molar-refractivity contribution is -0.142. The zero-order chi connectivity index (χ0) is 32.7. The molecule has 0 saturated carbocycles. The van der Waals surface area contributed by atoms with Gasteiger partial charge in [0.1, 0.15) is 18.1 Å². The van der Waals surface area contributed by atoms with Crippen LogP contribution in [0, 0.1) is 11.8 Å². The summed E-state index contributed by atoms with van der Waals surface area (Å²) in [4.78, 5) is 58.9. The molecule has 240 valence electrons. The monoisotopic (exact) mass is 616 g/mol. The van der Waals surface area contributed by atoms with Crippen LogP contribution < -0.4 is 21.7 Å². The number of para-hydroxylation sites is 2. The zero-order valence-electron chi connectivity index (χ0n) is 26.2. The summed E-state index contributed by atoms with van der Waals surface area (Å²) < 4.78 is 0. The molecule has 2 aromatic heterocycles. The second-order valence-electron chi connectivity index (χ2n) is 12.2. The molecule has 11 nitrogen and oxygen atoms in total. The van der Waals surface area contributed by atoms with Gasteiger partial charge in [0.25, 0.3) is 0 Å². The van der Waals surface area contributed by atoms with E-state index in [1.807, 2.05) is 82.4 Å². The lowest BCUT2D eigenvalue weighted by Gasteiger charge is -2.28. The number of carbonyl (C=O) groups is 4. The lowest BCUT2D eigenvalue weighted by Crippen LogP contribution is -2.59. The maximum Gasteiger partial charge on any atom is 0.326 e. The van der Waals surface area contributed by atoms with Crippen LogP contribution in [-0.4, -0.2) is 62.9 Å². The Balaban J connectivity index is 1.45. The molecule has 0 radical (unpaired) electrons. The predicted octanol–water partition coefficient (Wildman–Crippen LogP) is 3.39. The molecule has 0 fully saturated rings. The van der Waals surface area contributed by atoms with E-state index in [-0.39, 0.29) is 31.1 Å². The van der Waals surface area contributed by atoms with Crippen molar-refractivity contribution in [2.45, 2.75) is 77.5 Å². The van der Waals surface area contributed by atoms with Gasteiger partial charge in [0.05, 0.1) is 6.04 Å². The largest absolute Gasteiger partial charge is 0.480 e. The number of aromatic amines is 2. The van der Waals surface area contributed by atoms with Crippen LogP contribution in [0.3, 0.4) is 0 Å². The summed E-state index contributed by atoms with van der Waals surface area (Å²) in [5.74, 6) is -3.03. The molecule has 0 spiro atoms. The number of fused-ring (bicyclic) bond motifs is 2. The van der Waals surface area contributed by atoms with Gasteiger partial charge in [0.15, 0.2) is 0 Å². The molecule has 2 aromatic carbocycles. The highest BCUT2D eigenvalue weighted by atomic mass is 16.4. The van der Waals surface area contributed by atoms with Gasteiger partial charge in [-0.15, -0.1) is 0 Å². The summed E-state index contributed by atoms with van der Waals surface area (Å²) in [6.07, 6.45) is 4.77. The second-order valence-corrected chi connectivity index (χ2v) is 12.2. The third kappa shape index (κ3) is 8.30. The fourth-order valence-electron chi connectivity index (χ4n) is 5.55. The van der Waals surface area contributed by atoms with Gasteiger partial charge in [-0.3, -0.25) is 14.4 Å². The number of aliphatic carboxylic acids is 1. The molecule has 4 rings (SSSR count). The Morgan fingerprint density at radius 3 is 1.82 bits per heavy atom. The van der Waals surface area contributed by atoms with Gasteiger partial charge < -0.3 is 36.8 Å². The van der Waals surface area contributed by atoms with Crippen molar-refractivity contribution in [3.8, 4) is 0 Å². The average molecular weight is 617 g/mol. The molecule has 0 bridgehead atoms. The number of carbonyl (C=O) groups excluding carboxylic acids is 3.